The summed E-state index contributed by atoms with van der Waals surface area (Å²) < 4.78 is 4.95. The lowest BCUT2D eigenvalue weighted by Gasteiger charge is -2.18. The second kappa shape index (κ2) is 3.99. The Kier molecular flexibility index (Phi) is 3.45. The quantitative estimate of drug-likeness (QED) is 0.429. The fourth-order valence-electron chi connectivity index (χ4n) is 1.08. The molecule has 6 heteroatoms. The predicted molar refractivity (Wildman–Crippen MR) is 42.7 cm³/mol. The van der Waals surface area contributed by atoms with Crippen molar-refractivity contribution in [1.82, 2.24) is 0 Å². The molecular weight excluding hydrogens is 232 g/mol. The van der Waals surface area contributed by atoms with E-state index in [2.05, 4.69) is 15.9 Å². The molecule has 0 radical (unpaired) electrons. The van der Waals surface area contributed by atoms with Crippen molar-refractivity contribution >= 4 is 15.9 Å². The van der Waals surface area contributed by atoms with Crippen molar-refractivity contribution in [3.05, 3.63) is 0 Å². The van der Waals surface area contributed by atoms with Gasteiger partial charge in [-0.15, -0.1) is 0 Å². The lowest BCUT2D eigenvalue weighted by atomic mass is 10.1. The van der Waals surface area contributed by atoms with E-state index in [1.54, 1.807) is 0 Å². The first-order valence-electron chi connectivity index (χ1n) is 3.52. The molecule has 1 aliphatic rings. The minimum Gasteiger partial charge on any atom is -0.394 e. The number of aliphatic hydroxyl groups is 4. The molecule has 5 nitrogen and oxygen atoms in total. The summed E-state index contributed by atoms with van der Waals surface area (Å²) in [4.78, 5) is 0. The van der Waals surface area contributed by atoms with E-state index in [-0.39, 0.29) is 0 Å². The molecule has 0 amide bonds. The smallest absolute Gasteiger partial charge is 0.141 e. The molecule has 0 bridgehead atoms. The number of alkyl halides is 1. The Morgan fingerprint density at radius 3 is 2.25 bits per heavy atom. The molecular formula is C6H11BrO5. The fraction of sp³-hybridized carbons (Fsp3) is 1.00. The SMILES string of the molecule is OC[C@@H](O)[C@@H]1OC(Br)[C@H](O)[C@@H]1O. The number of hydrogen-bond acceptors (Lipinski definition) is 5. The largest absolute Gasteiger partial charge is 0.394 e. The van der Waals surface area contributed by atoms with Gasteiger partial charge < -0.3 is 25.2 Å². The van der Waals surface area contributed by atoms with Gasteiger partial charge in [-0.2, -0.15) is 0 Å². The van der Waals surface area contributed by atoms with Crippen LogP contribution in [0, 0.1) is 0 Å². The minimum atomic E-state index is -1.17. The predicted octanol–water partition coefficient (Wildman–Crippen LogP) is -1.82. The summed E-state index contributed by atoms with van der Waals surface area (Å²) in [6.45, 7) is -0.506. The van der Waals surface area contributed by atoms with Crippen LogP contribution in [0.25, 0.3) is 0 Å². The Bertz CT molecular complexity index is 155. The maximum Gasteiger partial charge on any atom is 0.141 e. The third-order valence-corrected chi connectivity index (χ3v) is 2.57. The molecule has 0 aromatic heterocycles. The number of rotatable bonds is 2. The molecule has 0 aliphatic carbocycles. The zero-order valence-corrected chi connectivity index (χ0v) is 7.75. The Balaban J connectivity index is 2.58. The van der Waals surface area contributed by atoms with Gasteiger partial charge in [-0.3, -0.25) is 0 Å². The highest BCUT2D eigenvalue weighted by atomic mass is 79.9. The van der Waals surface area contributed by atoms with E-state index in [1.807, 2.05) is 0 Å². The maximum absolute atomic E-state index is 9.25. The van der Waals surface area contributed by atoms with Gasteiger partial charge >= 0.3 is 0 Å². The van der Waals surface area contributed by atoms with Gasteiger partial charge in [0, 0.05) is 0 Å². The topological polar surface area (TPSA) is 90.2 Å². The van der Waals surface area contributed by atoms with Crippen molar-refractivity contribution < 1.29 is 25.2 Å². The van der Waals surface area contributed by atoms with Crippen LogP contribution < -0.4 is 0 Å². The number of hydrogen-bond donors (Lipinski definition) is 4. The summed E-state index contributed by atoms with van der Waals surface area (Å²) in [5, 5.41) is 35.4. The highest BCUT2D eigenvalue weighted by Crippen LogP contribution is 2.26. The molecule has 5 atom stereocenters. The average Bonchev–Trinajstić information content (AvgIpc) is 2.32. The first kappa shape index (κ1) is 10.4. The van der Waals surface area contributed by atoms with E-state index < -0.39 is 36.0 Å². The number of aliphatic hydroxyl groups excluding tert-OH is 4. The van der Waals surface area contributed by atoms with Gasteiger partial charge in [0.05, 0.1) is 6.61 Å². The van der Waals surface area contributed by atoms with Gasteiger partial charge in [-0.25, -0.2) is 0 Å². The molecule has 0 aromatic rings. The van der Waals surface area contributed by atoms with Crippen LogP contribution in [0.5, 0.6) is 0 Å². The second-order valence-electron chi connectivity index (χ2n) is 2.68. The van der Waals surface area contributed by atoms with E-state index in [1.165, 1.54) is 0 Å². The molecule has 1 heterocycles. The summed E-state index contributed by atoms with van der Waals surface area (Å²) in [7, 11) is 0. The normalized spacial score (nSPS) is 44.8. The Morgan fingerprint density at radius 2 is 1.92 bits per heavy atom. The van der Waals surface area contributed by atoms with Gasteiger partial charge in [0.1, 0.15) is 29.4 Å². The molecule has 1 saturated heterocycles. The first-order chi connectivity index (χ1) is 5.57. The van der Waals surface area contributed by atoms with Crippen molar-refractivity contribution in [2.45, 2.75) is 29.4 Å². The molecule has 0 saturated carbocycles. The third-order valence-electron chi connectivity index (χ3n) is 1.81. The molecule has 12 heavy (non-hydrogen) atoms. The second-order valence-corrected chi connectivity index (χ2v) is 3.59. The molecule has 0 aromatic carbocycles. The average molecular weight is 243 g/mol. The lowest BCUT2D eigenvalue weighted by molar-refractivity contribution is -0.0707. The van der Waals surface area contributed by atoms with Gasteiger partial charge in [0.15, 0.2) is 0 Å². The Morgan fingerprint density at radius 1 is 1.33 bits per heavy atom. The molecule has 1 fully saturated rings. The maximum atomic E-state index is 9.25. The van der Waals surface area contributed by atoms with Crippen LogP contribution in [0.1, 0.15) is 0 Å². The molecule has 72 valence electrons. The monoisotopic (exact) mass is 242 g/mol. The Hall–Kier alpha value is 0.280. The zero-order valence-electron chi connectivity index (χ0n) is 6.17. The highest BCUT2D eigenvalue weighted by Gasteiger charge is 2.44. The minimum absolute atomic E-state index is 0.506. The van der Waals surface area contributed by atoms with Crippen LogP contribution in [0.4, 0.5) is 0 Å². The first-order valence-corrected chi connectivity index (χ1v) is 4.44. The summed E-state index contributed by atoms with van der Waals surface area (Å²) in [5.41, 5.74) is 0. The van der Waals surface area contributed by atoms with E-state index >= 15 is 0 Å². The standard InChI is InChI=1S/C6H11BrO5/c7-6-4(11)3(10)5(12-6)2(9)1-8/h2-6,8-11H,1H2/t2-,3+,4-,5+,6?/m1/s1. The molecule has 1 rings (SSSR count). The van der Waals surface area contributed by atoms with Crippen molar-refractivity contribution in [2.24, 2.45) is 0 Å². The van der Waals surface area contributed by atoms with Gasteiger partial charge in [0.2, 0.25) is 0 Å². The van der Waals surface area contributed by atoms with Crippen LogP contribution in [0.3, 0.4) is 0 Å². The summed E-state index contributed by atoms with van der Waals surface area (Å²) in [6.07, 6.45) is -4.35. The van der Waals surface area contributed by atoms with Gasteiger partial charge in [0.25, 0.3) is 0 Å². The summed E-state index contributed by atoms with van der Waals surface area (Å²) >= 11 is 2.96. The molecule has 4 N–H and O–H groups in total. The highest BCUT2D eigenvalue weighted by molar-refractivity contribution is 9.09. The Labute approximate surface area is 77.7 Å². The number of halogens is 1. The fourth-order valence-corrected chi connectivity index (χ4v) is 1.64. The van der Waals surface area contributed by atoms with Crippen LogP contribution in [-0.2, 0) is 4.74 Å². The van der Waals surface area contributed by atoms with E-state index in [0.29, 0.717) is 0 Å². The van der Waals surface area contributed by atoms with Crippen LogP contribution in [0.15, 0.2) is 0 Å². The van der Waals surface area contributed by atoms with E-state index in [9.17, 15) is 5.11 Å². The van der Waals surface area contributed by atoms with E-state index in [4.69, 9.17) is 20.1 Å². The van der Waals surface area contributed by atoms with Crippen LogP contribution in [0.2, 0.25) is 0 Å². The summed E-state index contributed by atoms with van der Waals surface area (Å²) in [5.74, 6) is 0. The zero-order chi connectivity index (χ0) is 9.30. The molecule has 1 aliphatic heterocycles. The number of ether oxygens (including phenoxy) is 1. The molecule has 1 unspecified atom stereocenters. The van der Waals surface area contributed by atoms with Gasteiger partial charge in [-0.1, -0.05) is 15.9 Å². The molecule has 0 spiro atoms. The van der Waals surface area contributed by atoms with Crippen molar-refractivity contribution in [2.75, 3.05) is 6.61 Å². The summed E-state index contributed by atoms with van der Waals surface area (Å²) in [6, 6.07) is 0. The third kappa shape index (κ3) is 1.78. The van der Waals surface area contributed by atoms with Gasteiger partial charge in [-0.05, 0) is 0 Å². The van der Waals surface area contributed by atoms with E-state index in [0.717, 1.165) is 0 Å². The van der Waals surface area contributed by atoms with Crippen molar-refractivity contribution in [1.29, 1.82) is 0 Å². The van der Waals surface area contributed by atoms with Crippen LogP contribution >= 0.6 is 15.9 Å². The van der Waals surface area contributed by atoms with Crippen molar-refractivity contribution in [3.8, 4) is 0 Å². The lowest BCUT2D eigenvalue weighted by Crippen LogP contribution is -2.40. The van der Waals surface area contributed by atoms with Crippen molar-refractivity contribution in [3.63, 3.8) is 0 Å². The van der Waals surface area contributed by atoms with Crippen LogP contribution in [-0.4, -0.2) is 56.5 Å².